The Morgan fingerprint density at radius 2 is 2.08 bits per heavy atom. The lowest BCUT2D eigenvalue weighted by molar-refractivity contribution is 0.138. The summed E-state index contributed by atoms with van der Waals surface area (Å²) in [6.45, 7) is 4.11. The first-order valence-corrected chi connectivity index (χ1v) is 4.66. The maximum absolute atomic E-state index is 9.90. The van der Waals surface area contributed by atoms with E-state index in [0.29, 0.717) is 0 Å². The van der Waals surface area contributed by atoms with Crippen LogP contribution in [0.25, 0.3) is 6.08 Å². The molecule has 0 heterocycles. The zero-order valence-corrected chi connectivity index (χ0v) is 7.99. The van der Waals surface area contributed by atoms with E-state index in [-0.39, 0.29) is 12.0 Å². The van der Waals surface area contributed by atoms with Crippen LogP contribution in [0.5, 0.6) is 0 Å². The summed E-state index contributed by atoms with van der Waals surface area (Å²) in [4.78, 5) is 0. The quantitative estimate of drug-likeness (QED) is 0.641. The fraction of sp³-hybridized carbons (Fsp3) is 0.333. The van der Waals surface area contributed by atoms with Gasteiger partial charge in [0, 0.05) is 5.92 Å². The zero-order chi connectivity index (χ0) is 9.42. The van der Waals surface area contributed by atoms with Crippen LogP contribution in [0.1, 0.15) is 29.7 Å². The lowest BCUT2D eigenvalue weighted by Crippen LogP contribution is -2.12. The first-order valence-electron chi connectivity index (χ1n) is 4.66. The lowest BCUT2D eigenvalue weighted by Gasteiger charge is -2.23. The molecule has 1 heteroatoms. The normalized spacial score (nSPS) is 25.8. The van der Waals surface area contributed by atoms with Crippen molar-refractivity contribution in [1.82, 2.24) is 0 Å². The van der Waals surface area contributed by atoms with Crippen molar-refractivity contribution in [2.75, 3.05) is 0 Å². The fourth-order valence-corrected chi connectivity index (χ4v) is 1.83. The smallest absolute Gasteiger partial charge is 0.0855 e. The van der Waals surface area contributed by atoms with E-state index in [1.165, 1.54) is 11.1 Å². The predicted molar refractivity (Wildman–Crippen MR) is 54.3 cm³/mol. The Kier molecular flexibility index (Phi) is 1.97. The summed E-state index contributed by atoms with van der Waals surface area (Å²) in [5.74, 6) is 0.231. The largest absolute Gasteiger partial charge is 0.388 e. The SMILES string of the molecule is Cc1cccc2c1C=C[C@H](C)[C@@H]2O. The van der Waals surface area contributed by atoms with Crippen LogP contribution in [0, 0.1) is 12.8 Å². The first kappa shape index (κ1) is 8.52. The lowest BCUT2D eigenvalue weighted by atomic mass is 9.86. The number of fused-ring (bicyclic) bond motifs is 1. The molecule has 0 aliphatic heterocycles. The Morgan fingerprint density at radius 1 is 1.31 bits per heavy atom. The number of hydrogen-bond acceptors (Lipinski definition) is 1. The number of aliphatic hydroxyl groups is 1. The molecule has 1 aliphatic rings. The van der Waals surface area contributed by atoms with Gasteiger partial charge < -0.3 is 5.11 Å². The van der Waals surface area contributed by atoms with E-state index in [4.69, 9.17) is 0 Å². The van der Waals surface area contributed by atoms with Gasteiger partial charge in [0.1, 0.15) is 0 Å². The second-order valence-electron chi connectivity index (χ2n) is 3.74. The third kappa shape index (κ3) is 1.29. The van der Waals surface area contributed by atoms with E-state index < -0.39 is 0 Å². The molecule has 0 aromatic heterocycles. The Balaban J connectivity index is 2.58. The van der Waals surface area contributed by atoms with E-state index in [9.17, 15) is 5.11 Å². The van der Waals surface area contributed by atoms with Crippen molar-refractivity contribution in [2.45, 2.75) is 20.0 Å². The summed E-state index contributed by atoms with van der Waals surface area (Å²) < 4.78 is 0. The van der Waals surface area contributed by atoms with Gasteiger partial charge in [0.15, 0.2) is 0 Å². The molecule has 0 unspecified atom stereocenters. The number of benzene rings is 1. The molecule has 0 amide bonds. The van der Waals surface area contributed by atoms with E-state index in [2.05, 4.69) is 25.1 Å². The summed E-state index contributed by atoms with van der Waals surface area (Å²) in [6, 6.07) is 6.09. The second-order valence-corrected chi connectivity index (χ2v) is 3.74. The second kappa shape index (κ2) is 3.00. The molecule has 0 radical (unpaired) electrons. The van der Waals surface area contributed by atoms with Crippen LogP contribution in [0.4, 0.5) is 0 Å². The van der Waals surface area contributed by atoms with Gasteiger partial charge >= 0.3 is 0 Å². The molecule has 68 valence electrons. The number of hydrogen-bond donors (Lipinski definition) is 1. The summed E-state index contributed by atoms with van der Waals surface area (Å²) in [5.41, 5.74) is 3.49. The first-order chi connectivity index (χ1) is 6.20. The van der Waals surface area contributed by atoms with Crippen molar-refractivity contribution < 1.29 is 5.11 Å². The summed E-state index contributed by atoms with van der Waals surface area (Å²) in [5, 5.41) is 9.90. The molecule has 0 saturated carbocycles. The van der Waals surface area contributed by atoms with Gasteiger partial charge in [-0.2, -0.15) is 0 Å². The highest BCUT2D eigenvalue weighted by Gasteiger charge is 2.20. The maximum Gasteiger partial charge on any atom is 0.0855 e. The van der Waals surface area contributed by atoms with E-state index in [1.807, 2.05) is 19.1 Å². The van der Waals surface area contributed by atoms with Crippen LogP contribution in [-0.2, 0) is 0 Å². The molecule has 0 saturated heterocycles. The summed E-state index contributed by atoms with van der Waals surface area (Å²) in [7, 11) is 0. The molecule has 1 aromatic carbocycles. The molecular weight excluding hydrogens is 160 g/mol. The van der Waals surface area contributed by atoms with Crippen LogP contribution in [0.2, 0.25) is 0 Å². The van der Waals surface area contributed by atoms with E-state index in [0.717, 1.165) is 5.56 Å². The van der Waals surface area contributed by atoms with Gasteiger partial charge in [0.05, 0.1) is 6.10 Å². The Hall–Kier alpha value is -1.08. The fourth-order valence-electron chi connectivity index (χ4n) is 1.83. The molecule has 1 aromatic rings. The molecule has 13 heavy (non-hydrogen) atoms. The maximum atomic E-state index is 9.90. The third-order valence-corrected chi connectivity index (χ3v) is 2.74. The van der Waals surface area contributed by atoms with Gasteiger partial charge in [-0.25, -0.2) is 0 Å². The molecule has 1 nitrogen and oxygen atoms in total. The minimum absolute atomic E-state index is 0.231. The minimum Gasteiger partial charge on any atom is -0.388 e. The van der Waals surface area contributed by atoms with Crippen LogP contribution in [0.3, 0.4) is 0 Å². The van der Waals surface area contributed by atoms with Gasteiger partial charge in [-0.1, -0.05) is 37.3 Å². The molecule has 2 rings (SSSR count). The monoisotopic (exact) mass is 174 g/mol. The van der Waals surface area contributed by atoms with E-state index in [1.54, 1.807) is 0 Å². The molecular formula is C12H14O. The van der Waals surface area contributed by atoms with Crippen LogP contribution in [-0.4, -0.2) is 5.11 Å². The van der Waals surface area contributed by atoms with Crippen molar-refractivity contribution in [3.05, 3.63) is 41.0 Å². The highest BCUT2D eigenvalue weighted by atomic mass is 16.3. The third-order valence-electron chi connectivity index (χ3n) is 2.74. The number of aryl methyl sites for hydroxylation is 1. The molecule has 1 N–H and O–H groups in total. The van der Waals surface area contributed by atoms with Crippen LogP contribution >= 0.6 is 0 Å². The molecule has 0 bridgehead atoms. The van der Waals surface area contributed by atoms with Gasteiger partial charge in [-0.15, -0.1) is 0 Å². The van der Waals surface area contributed by atoms with Gasteiger partial charge in [-0.05, 0) is 23.6 Å². The van der Waals surface area contributed by atoms with Gasteiger partial charge in [0.25, 0.3) is 0 Å². The van der Waals surface area contributed by atoms with Crippen molar-refractivity contribution in [3.63, 3.8) is 0 Å². The van der Waals surface area contributed by atoms with Crippen molar-refractivity contribution in [1.29, 1.82) is 0 Å². The van der Waals surface area contributed by atoms with Gasteiger partial charge in [-0.3, -0.25) is 0 Å². The highest BCUT2D eigenvalue weighted by Crippen LogP contribution is 2.33. The summed E-state index contributed by atoms with van der Waals surface area (Å²) in [6.07, 6.45) is 3.85. The Bertz CT molecular complexity index is 352. The van der Waals surface area contributed by atoms with Crippen LogP contribution in [0.15, 0.2) is 24.3 Å². The molecule has 0 spiro atoms. The van der Waals surface area contributed by atoms with Crippen molar-refractivity contribution in [2.24, 2.45) is 5.92 Å². The zero-order valence-electron chi connectivity index (χ0n) is 7.99. The molecule has 2 atom stereocenters. The Morgan fingerprint density at radius 3 is 2.85 bits per heavy atom. The topological polar surface area (TPSA) is 20.2 Å². The average Bonchev–Trinajstić information content (AvgIpc) is 2.12. The van der Waals surface area contributed by atoms with Crippen molar-refractivity contribution in [3.8, 4) is 0 Å². The highest BCUT2D eigenvalue weighted by molar-refractivity contribution is 5.61. The minimum atomic E-state index is -0.333. The summed E-state index contributed by atoms with van der Waals surface area (Å²) >= 11 is 0. The van der Waals surface area contributed by atoms with Crippen LogP contribution < -0.4 is 0 Å². The number of rotatable bonds is 0. The van der Waals surface area contributed by atoms with Crippen molar-refractivity contribution >= 4 is 6.08 Å². The molecule has 0 fully saturated rings. The van der Waals surface area contributed by atoms with E-state index >= 15 is 0 Å². The molecule has 1 aliphatic carbocycles. The standard InChI is InChI=1S/C12H14O/c1-8-4-3-5-11-10(8)7-6-9(2)12(11)13/h3-7,9,12-13H,1-2H3/t9-,12-/m0/s1. The van der Waals surface area contributed by atoms with Gasteiger partial charge in [0.2, 0.25) is 0 Å². The predicted octanol–water partition coefficient (Wildman–Crippen LogP) is 2.69. The Labute approximate surface area is 78.7 Å². The number of aliphatic hydroxyl groups excluding tert-OH is 1. The average molecular weight is 174 g/mol.